The minimum absolute atomic E-state index is 0.0500. The van der Waals surface area contributed by atoms with Gasteiger partial charge in [0.2, 0.25) is 0 Å². The van der Waals surface area contributed by atoms with Gasteiger partial charge in [0.05, 0.1) is 17.1 Å². The van der Waals surface area contributed by atoms with Crippen LogP contribution in [-0.4, -0.2) is 85.9 Å². The van der Waals surface area contributed by atoms with E-state index < -0.39 is 9.84 Å². The van der Waals surface area contributed by atoms with Crippen molar-refractivity contribution in [3.63, 3.8) is 0 Å². The highest BCUT2D eigenvalue weighted by atomic mass is 32.2. The van der Waals surface area contributed by atoms with Gasteiger partial charge in [-0.15, -0.1) is 0 Å². The molecule has 1 aromatic heterocycles. The van der Waals surface area contributed by atoms with Crippen LogP contribution in [0.15, 0.2) is 18.3 Å². The predicted molar refractivity (Wildman–Crippen MR) is 114 cm³/mol. The molecule has 1 amide bonds. The van der Waals surface area contributed by atoms with Crippen LogP contribution in [0.4, 0.5) is 5.82 Å². The molecule has 1 aliphatic carbocycles. The molecule has 1 saturated carbocycles. The molecule has 0 bridgehead atoms. The zero-order chi connectivity index (χ0) is 20.4. The SMILES string of the molecule is CC1CCC(N2CCN(c3ccc(C(=O)N4CCS(=O)(=O)CC4)cn3)CC2)CC1. The van der Waals surface area contributed by atoms with Crippen LogP contribution in [0.1, 0.15) is 43.0 Å². The summed E-state index contributed by atoms with van der Waals surface area (Å²) in [5.74, 6) is 1.77. The zero-order valence-corrected chi connectivity index (χ0v) is 18.1. The number of nitrogens with zero attached hydrogens (tertiary/aromatic N) is 4. The first-order valence-corrected chi connectivity index (χ1v) is 12.7. The summed E-state index contributed by atoms with van der Waals surface area (Å²) in [4.78, 5) is 23.7. The minimum atomic E-state index is -2.99. The van der Waals surface area contributed by atoms with E-state index in [0.717, 1.165) is 44.0 Å². The molecule has 0 radical (unpaired) electrons. The molecule has 4 rings (SSSR count). The maximum Gasteiger partial charge on any atom is 0.255 e. The van der Waals surface area contributed by atoms with E-state index >= 15 is 0 Å². The third kappa shape index (κ3) is 4.91. The molecule has 160 valence electrons. The van der Waals surface area contributed by atoms with Gasteiger partial charge < -0.3 is 9.80 Å². The molecule has 8 heteroatoms. The number of anilines is 1. The maximum atomic E-state index is 12.6. The number of sulfone groups is 1. The fraction of sp³-hybridized carbons (Fsp3) is 0.714. The van der Waals surface area contributed by atoms with Crippen LogP contribution in [0, 0.1) is 5.92 Å². The highest BCUT2D eigenvalue weighted by Crippen LogP contribution is 2.28. The average Bonchev–Trinajstić information content (AvgIpc) is 2.74. The van der Waals surface area contributed by atoms with E-state index in [9.17, 15) is 13.2 Å². The topological polar surface area (TPSA) is 73.8 Å². The molecule has 2 saturated heterocycles. The normalized spacial score (nSPS) is 28.3. The van der Waals surface area contributed by atoms with Crippen molar-refractivity contribution < 1.29 is 13.2 Å². The molecular formula is C21H32N4O3S. The monoisotopic (exact) mass is 420 g/mol. The van der Waals surface area contributed by atoms with Gasteiger partial charge in [0.25, 0.3) is 5.91 Å². The molecule has 0 aromatic carbocycles. The van der Waals surface area contributed by atoms with Gasteiger partial charge in [-0.1, -0.05) is 6.92 Å². The lowest BCUT2D eigenvalue weighted by Gasteiger charge is -2.42. The molecule has 3 fully saturated rings. The fourth-order valence-electron chi connectivity index (χ4n) is 4.72. The van der Waals surface area contributed by atoms with Gasteiger partial charge in [-0.25, -0.2) is 13.4 Å². The first-order valence-electron chi connectivity index (χ1n) is 10.9. The molecule has 3 aliphatic rings. The summed E-state index contributed by atoms with van der Waals surface area (Å²) in [6.45, 7) is 6.98. The van der Waals surface area contributed by atoms with Gasteiger partial charge in [0.1, 0.15) is 5.82 Å². The number of rotatable bonds is 3. The van der Waals surface area contributed by atoms with E-state index in [4.69, 9.17) is 0 Å². The summed E-state index contributed by atoms with van der Waals surface area (Å²) in [5.41, 5.74) is 0.531. The highest BCUT2D eigenvalue weighted by molar-refractivity contribution is 7.91. The molecule has 3 heterocycles. The molecule has 29 heavy (non-hydrogen) atoms. The summed E-state index contributed by atoms with van der Waals surface area (Å²) in [6, 6.07) is 4.49. The molecule has 1 aromatic rings. The third-order valence-electron chi connectivity index (χ3n) is 6.77. The van der Waals surface area contributed by atoms with Gasteiger partial charge in [-0.3, -0.25) is 9.69 Å². The Morgan fingerprint density at radius 3 is 2.21 bits per heavy atom. The average molecular weight is 421 g/mol. The summed E-state index contributed by atoms with van der Waals surface area (Å²) in [7, 11) is -2.99. The van der Waals surface area contributed by atoms with Gasteiger partial charge in [-0.05, 0) is 43.7 Å². The van der Waals surface area contributed by atoms with Crippen molar-refractivity contribution in [2.24, 2.45) is 5.92 Å². The van der Waals surface area contributed by atoms with Crippen molar-refractivity contribution in [2.45, 2.75) is 38.6 Å². The fourth-order valence-corrected chi connectivity index (χ4v) is 5.92. The van der Waals surface area contributed by atoms with Crippen molar-refractivity contribution in [3.05, 3.63) is 23.9 Å². The Kier molecular flexibility index (Phi) is 6.11. The first-order chi connectivity index (χ1) is 13.9. The van der Waals surface area contributed by atoms with Crippen molar-refractivity contribution in [1.29, 1.82) is 0 Å². The summed E-state index contributed by atoms with van der Waals surface area (Å²) >= 11 is 0. The minimum Gasteiger partial charge on any atom is -0.354 e. The van der Waals surface area contributed by atoms with Crippen molar-refractivity contribution >= 4 is 21.6 Å². The summed E-state index contributed by atoms with van der Waals surface area (Å²) in [5, 5.41) is 0. The molecule has 0 spiro atoms. The first kappa shape index (κ1) is 20.6. The van der Waals surface area contributed by atoms with Gasteiger partial charge in [0, 0.05) is 51.5 Å². The van der Waals surface area contributed by atoms with E-state index in [1.165, 1.54) is 25.7 Å². The number of hydrogen-bond acceptors (Lipinski definition) is 6. The standard InChI is InChI=1S/C21H32N4O3S/c1-17-2-5-19(6-3-17)23-8-10-24(11-9-23)20-7-4-18(16-22-20)21(26)25-12-14-29(27,28)15-13-25/h4,7,16-17,19H,2-3,5-6,8-15H2,1H3. The van der Waals surface area contributed by atoms with Crippen molar-refractivity contribution in [3.8, 4) is 0 Å². The Balaban J connectivity index is 1.30. The van der Waals surface area contributed by atoms with Gasteiger partial charge >= 0.3 is 0 Å². The van der Waals surface area contributed by atoms with Crippen LogP contribution in [-0.2, 0) is 9.84 Å². The number of aromatic nitrogens is 1. The lowest BCUT2D eigenvalue weighted by atomic mass is 9.86. The van der Waals surface area contributed by atoms with Crippen LogP contribution in [0.25, 0.3) is 0 Å². The number of amides is 1. The zero-order valence-electron chi connectivity index (χ0n) is 17.3. The second-order valence-corrected chi connectivity index (χ2v) is 11.1. The van der Waals surface area contributed by atoms with Crippen LogP contribution in [0.5, 0.6) is 0 Å². The van der Waals surface area contributed by atoms with E-state index in [0.29, 0.717) is 5.56 Å². The number of piperazine rings is 1. The Labute approximate surface area is 174 Å². The maximum absolute atomic E-state index is 12.6. The second kappa shape index (κ2) is 8.60. The van der Waals surface area contributed by atoms with E-state index in [2.05, 4.69) is 21.7 Å². The van der Waals surface area contributed by atoms with Gasteiger partial charge in [-0.2, -0.15) is 0 Å². The number of carbonyl (C=O) groups is 1. The van der Waals surface area contributed by atoms with Crippen molar-refractivity contribution in [1.82, 2.24) is 14.8 Å². The van der Waals surface area contributed by atoms with Crippen LogP contribution in [0.2, 0.25) is 0 Å². The lowest BCUT2D eigenvalue weighted by Crippen LogP contribution is -2.51. The quantitative estimate of drug-likeness (QED) is 0.740. The molecule has 0 atom stereocenters. The third-order valence-corrected chi connectivity index (χ3v) is 8.38. The van der Waals surface area contributed by atoms with Gasteiger partial charge in [0.15, 0.2) is 9.84 Å². The Hall–Kier alpha value is -1.67. The highest BCUT2D eigenvalue weighted by Gasteiger charge is 2.28. The Bertz CT molecular complexity index is 797. The molecule has 0 N–H and O–H groups in total. The van der Waals surface area contributed by atoms with Crippen LogP contribution >= 0.6 is 0 Å². The number of carbonyl (C=O) groups excluding carboxylic acids is 1. The van der Waals surface area contributed by atoms with Crippen LogP contribution < -0.4 is 4.90 Å². The lowest BCUT2D eigenvalue weighted by molar-refractivity contribution is 0.0770. The summed E-state index contributed by atoms with van der Waals surface area (Å²) in [6.07, 6.45) is 6.99. The molecule has 2 aliphatic heterocycles. The van der Waals surface area contributed by atoms with Crippen LogP contribution in [0.3, 0.4) is 0 Å². The summed E-state index contributed by atoms with van der Waals surface area (Å²) < 4.78 is 23.1. The Morgan fingerprint density at radius 2 is 1.62 bits per heavy atom. The number of hydrogen-bond donors (Lipinski definition) is 0. The smallest absolute Gasteiger partial charge is 0.255 e. The molecular weight excluding hydrogens is 388 g/mol. The van der Waals surface area contributed by atoms with Crippen molar-refractivity contribution in [2.75, 3.05) is 55.7 Å². The van der Waals surface area contributed by atoms with E-state index in [-0.39, 0.29) is 30.5 Å². The van der Waals surface area contributed by atoms with E-state index in [1.54, 1.807) is 11.1 Å². The molecule has 7 nitrogen and oxygen atoms in total. The number of pyridine rings is 1. The van der Waals surface area contributed by atoms with E-state index in [1.807, 2.05) is 12.1 Å². The largest absolute Gasteiger partial charge is 0.354 e. The molecule has 0 unspecified atom stereocenters. The Morgan fingerprint density at radius 1 is 0.966 bits per heavy atom. The second-order valence-electron chi connectivity index (χ2n) is 8.79. The predicted octanol–water partition coefficient (Wildman–Crippen LogP) is 1.65.